The lowest BCUT2D eigenvalue weighted by molar-refractivity contribution is -0.124. The Morgan fingerprint density at radius 3 is 2.61 bits per heavy atom. The molecule has 4 heterocycles. The lowest BCUT2D eigenvalue weighted by atomic mass is 9.99. The first kappa shape index (κ1) is 24.4. The van der Waals surface area contributed by atoms with Gasteiger partial charge in [-0.05, 0) is 37.5 Å². The number of anilines is 2. The van der Waals surface area contributed by atoms with E-state index in [9.17, 15) is 14.4 Å². The SMILES string of the molecule is CCC(=O)N[C@@H]1CCC[C@@H]1NC(=O)C1Sc2nccc3c2C1NC(=O)N3c1ccnc(-c2ccccc2)c1. The second-order valence-electron chi connectivity index (χ2n) is 9.69. The summed E-state index contributed by atoms with van der Waals surface area (Å²) in [6.07, 6.45) is 6.37. The van der Waals surface area contributed by atoms with Crippen molar-refractivity contribution in [1.29, 1.82) is 0 Å². The van der Waals surface area contributed by atoms with Gasteiger partial charge in [-0.3, -0.25) is 19.5 Å². The summed E-state index contributed by atoms with van der Waals surface area (Å²) in [6.45, 7) is 1.82. The van der Waals surface area contributed by atoms with Crippen molar-refractivity contribution >= 4 is 41.0 Å². The molecule has 1 saturated carbocycles. The smallest absolute Gasteiger partial charge is 0.327 e. The number of nitrogens with one attached hydrogen (secondary N) is 3. The number of nitrogens with zero attached hydrogens (tertiary/aromatic N) is 3. The van der Waals surface area contributed by atoms with Crippen LogP contribution >= 0.6 is 11.8 Å². The molecule has 2 aliphatic heterocycles. The lowest BCUT2D eigenvalue weighted by Gasteiger charge is -2.34. The predicted octanol–water partition coefficient (Wildman–Crippen LogP) is 4.08. The average molecular weight is 529 g/mol. The normalized spacial score (nSPS) is 23.5. The minimum atomic E-state index is -0.551. The molecule has 6 rings (SSSR count). The van der Waals surface area contributed by atoms with Gasteiger partial charge in [-0.15, -0.1) is 0 Å². The van der Waals surface area contributed by atoms with Crippen LogP contribution < -0.4 is 20.9 Å². The van der Waals surface area contributed by atoms with Crippen molar-refractivity contribution in [3.05, 3.63) is 66.5 Å². The minimum Gasteiger partial charge on any atom is -0.351 e. The van der Waals surface area contributed by atoms with E-state index in [4.69, 9.17) is 0 Å². The Morgan fingerprint density at radius 2 is 1.82 bits per heavy atom. The van der Waals surface area contributed by atoms with E-state index in [0.717, 1.165) is 41.1 Å². The van der Waals surface area contributed by atoms with Crippen LogP contribution in [0.2, 0.25) is 0 Å². The largest absolute Gasteiger partial charge is 0.351 e. The molecule has 3 aromatic rings. The number of carbonyl (C=O) groups excluding carboxylic acids is 3. The fourth-order valence-electron chi connectivity index (χ4n) is 5.49. The molecule has 2 aromatic heterocycles. The number of pyridine rings is 2. The molecule has 3 N–H and O–H groups in total. The first-order valence-corrected chi connectivity index (χ1v) is 13.8. The minimum absolute atomic E-state index is 0.0150. The molecule has 3 aliphatic rings. The van der Waals surface area contributed by atoms with Crippen LogP contribution in [0.15, 0.2) is 66.0 Å². The molecule has 1 aliphatic carbocycles. The highest BCUT2D eigenvalue weighted by molar-refractivity contribution is 8.01. The van der Waals surface area contributed by atoms with Crippen LogP contribution in [0, 0.1) is 0 Å². The Morgan fingerprint density at radius 1 is 1.05 bits per heavy atom. The van der Waals surface area contributed by atoms with Gasteiger partial charge in [0.25, 0.3) is 0 Å². The summed E-state index contributed by atoms with van der Waals surface area (Å²) in [5.41, 5.74) is 3.96. The van der Waals surface area contributed by atoms with Crippen LogP contribution in [0.3, 0.4) is 0 Å². The van der Waals surface area contributed by atoms with Gasteiger partial charge in [0.15, 0.2) is 0 Å². The third kappa shape index (κ3) is 4.38. The molecule has 0 radical (unpaired) electrons. The first-order valence-electron chi connectivity index (χ1n) is 12.9. The Labute approximate surface area is 224 Å². The number of rotatable bonds is 6. The first-order chi connectivity index (χ1) is 18.5. The second kappa shape index (κ2) is 10.1. The van der Waals surface area contributed by atoms with E-state index in [0.29, 0.717) is 17.8 Å². The number of aromatic nitrogens is 2. The van der Waals surface area contributed by atoms with Gasteiger partial charge in [-0.1, -0.05) is 49.0 Å². The van der Waals surface area contributed by atoms with Crippen LogP contribution in [0.4, 0.5) is 16.2 Å². The number of thioether (sulfide) groups is 1. The Bertz CT molecular complexity index is 1400. The highest BCUT2D eigenvalue weighted by Crippen LogP contribution is 2.50. The van der Waals surface area contributed by atoms with E-state index in [1.54, 1.807) is 23.4 Å². The molecule has 1 fully saturated rings. The molecule has 9 nitrogen and oxygen atoms in total. The van der Waals surface area contributed by atoms with Crippen LogP contribution in [0.1, 0.15) is 44.2 Å². The van der Waals surface area contributed by atoms with Crippen molar-refractivity contribution in [3.63, 3.8) is 0 Å². The van der Waals surface area contributed by atoms with E-state index in [1.165, 1.54) is 11.8 Å². The average Bonchev–Trinajstić information content (AvgIpc) is 3.54. The van der Waals surface area contributed by atoms with Gasteiger partial charge in [0, 0.05) is 42.0 Å². The summed E-state index contributed by atoms with van der Waals surface area (Å²) >= 11 is 1.37. The van der Waals surface area contributed by atoms with E-state index in [2.05, 4.69) is 25.9 Å². The Kier molecular flexibility index (Phi) is 6.49. The Hall–Kier alpha value is -3.92. The summed E-state index contributed by atoms with van der Waals surface area (Å²) < 4.78 is 0. The summed E-state index contributed by atoms with van der Waals surface area (Å²) in [4.78, 5) is 49.6. The molecule has 0 saturated heterocycles. The van der Waals surface area contributed by atoms with Crippen LogP contribution in [0.5, 0.6) is 0 Å². The van der Waals surface area contributed by atoms with E-state index in [-0.39, 0.29) is 29.9 Å². The van der Waals surface area contributed by atoms with Crippen molar-refractivity contribution in [3.8, 4) is 11.3 Å². The summed E-state index contributed by atoms with van der Waals surface area (Å²) in [7, 11) is 0. The van der Waals surface area contributed by atoms with Crippen molar-refractivity contribution in [2.75, 3.05) is 4.90 Å². The van der Waals surface area contributed by atoms with Gasteiger partial charge in [0.1, 0.15) is 10.3 Å². The topological polar surface area (TPSA) is 116 Å². The molecule has 38 heavy (non-hydrogen) atoms. The number of hydrogen-bond acceptors (Lipinski definition) is 6. The van der Waals surface area contributed by atoms with Crippen molar-refractivity contribution in [2.24, 2.45) is 0 Å². The molecule has 1 aromatic carbocycles. The lowest BCUT2D eigenvalue weighted by Crippen LogP contribution is -2.53. The predicted molar refractivity (Wildman–Crippen MR) is 145 cm³/mol. The molecule has 2 unspecified atom stereocenters. The van der Waals surface area contributed by atoms with Gasteiger partial charge >= 0.3 is 6.03 Å². The summed E-state index contributed by atoms with van der Waals surface area (Å²) in [6, 6.07) is 14.3. The zero-order valence-corrected chi connectivity index (χ0v) is 21.7. The molecule has 0 spiro atoms. The molecular weight excluding hydrogens is 500 g/mol. The highest BCUT2D eigenvalue weighted by atomic mass is 32.2. The second-order valence-corrected chi connectivity index (χ2v) is 10.8. The van der Waals surface area contributed by atoms with Gasteiger partial charge in [-0.25, -0.2) is 9.78 Å². The molecule has 194 valence electrons. The third-order valence-electron chi connectivity index (χ3n) is 7.35. The van der Waals surface area contributed by atoms with E-state index < -0.39 is 11.3 Å². The number of urea groups is 1. The number of benzene rings is 1. The van der Waals surface area contributed by atoms with Crippen molar-refractivity contribution in [2.45, 2.75) is 61.0 Å². The quantitative estimate of drug-likeness (QED) is 0.444. The molecular formula is C28H28N6O3S. The maximum absolute atomic E-state index is 13.5. The van der Waals surface area contributed by atoms with Crippen LogP contribution in [-0.4, -0.2) is 45.1 Å². The van der Waals surface area contributed by atoms with E-state index in [1.807, 2.05) is 49.4 Å². The molecule has 0 bridgehead atoms. The fraction of sp³-hybridized carbons (Fsp3) is 0.321. The van der Waals surface area contributed by atoms with Crippen LogP contribution in [-0.2, 0) is 9.59 Å². The fourth-order valence-corrected chi connectivity index (χ4v) is 6.72. The number of amides is 4. The third-order valence-corrected chi connectivity index (χ3v) is 8.64. The van der Waals surface area contributed by atoms with Gasteiger partial charge in [-0.2, -0.15) is 0 Å². The zero-order chi connectivity index (χ0) is 26.2. The standard InChI is InChI=1S/C28H28N6O3S/c1-2-22(35)31-18-9-6-10-19(18)32-26(36)25-24-23-21(12-14-30-27(23)38-25)34(28(37)33-24)17-11-13-29-20(15-17)16-7-4-3-5-8-16/h3-5,7-8,11-15,18-19,24-25H,2,6,9-10H2,1H3,(H,31,35)(H,32,36)(H,33,37)/t18-,19+,24?,25?/m1/s1. The molecule has 4 amide bonds. The molecule has 10 heteroatoms. The van der Waals surface area contributed by atoms with Gasteiger partial charge in [0.2, 0.25) is 11.8 Å². The Balaban J connectivity index is 1.26. The van der Waals surface area contributed by atoms with Crippen molar-refractivity contribution in [1.82, 2.24) is 25.9 Å². The van der Waals surface area contributed by atoms with E-state index >= 15 is 0 Å². The summed E-state index contributed by atoms with van der Waals surface area (Å²) in [5, 5.41) is 9.43. The highest BCUT2D eigenvalue weighted by Gasteiger charge is 2.47. The number of carbonyl (C=O) groups is 3. The van der Waals surface area contributed by atoms with Crippen LogP contribution in [0.25, 0.3) is 11.3 Å². The maximum atomic E-state index is 13.5. The van der Waals surface area contributed by atoms with Gasteiger partial charge in [0.05, 0.1) is 23.1 Å². The van der Waals surface area contributed by atoms with Gasteiger partial charge < -0.3 is 16.0 Å². The maximum Gasteiger partial charge on any atom is 0.327 e. The zero-order valence-electron chi connectivity index (χ0n) is 20.9. The summed E-state index contributed by atoms with van der Waals surface area (Å²) in [5.74, 6) is -0.172. The number of hydrogen-bond donors (Lipinski definition) is 3. The van der Waals surface area contributed by atoms with Crippen molar-refractivity contribution < 1.29 is 14.4 Å². The molecule has 4 atom stereocenters. The monoisotopic (exact) mass is 528 g/mol.